The number of carbonyl (C=O) groups is 2. The Morgan fingerprint density at radius 1 is 1.35 bits per heavy atom. The van der Waals surface area contributed by atoms with E-state index in [-0.39, 0.29) is 23.5 Å². The Balaban J connectivity index is 1.67. The lowest BCUT2D eigenvalue weighted by atomic mass is 9.97. The predicted octanol–water partition coefficient (Wildman–Crippen LogP) is 1.70. The Kier molecular flexibility index (Phi) is 5.61. The molecule has 1 fully saturated rings. The van der Waals surface area contributed by atoms with Gasteiger partial charge in [0, 0.05) is 13.1 Å². The van der Waals surface area contributed by atoms with E-state index >= 15 is 0 Å². The molecule has 1 aliphatic rings. The average molecular weight is 373 g/mol. The minimum atomic E-state index is -0.329. The first-order chi connectivity index (χ1) is 12.5. The Bertz CT molecular complexity index is 820. The fraction of sp³-hybridized carbons (Fsp3) is 0.444. The molecule has 0 bridgehead atoms. The molecule has 138 valence electrons. The molecule has 2 amide bonds. The van der Waals surface area contributed by atoms with Gasteiger partial charge in [-0.05, 0) is 43.9 Å². The van der Waals surface area contributed by atoms with E-state index in [0.29, 0.717) is 18.2 Å². The van der Waals surface area contributed by atoms with Gasteiger partial charge in [-0.25, -0.2) is 0 Å². The normalized spacial score (nSPS) is 17.3. The van der Waals surface area contributed by atoms with Crippen LogP contribution in [0.15, 0.2) is 29.7 Å². The second-order valence-corrected chi connectivity index (χ2v) is 7.59. The number of rotatable bonds is 5. The number of likely N-dealkylation sites (tertiary alicyclic amines) is 1. The molecule has 2 N–H and O–H groups in total. The molecule has 1 aromatic carbocycles. The summed E-state index contributed by atoms with van der Waals surface area (Å²) in [6.45, 7) is 5.16. The number of aromatic nitrogens is 3. The van der Waals surface area contributed by atoms with Gasteiger partial charge in [-0.3, -0.25) is 14.2 Å². The Hall–Kier alpha value is -2.35. The second kappa shape index (κ2) is 7.90. The quantitative estimate of drug-likeness (QED) is 0.805. The van der Waals surface area contributed by atoms with Crippen LogP contribution in [0.4, 0.5) is 0 Å². The van der Waals surface area contributed by atoms with Crippen molar-refractivity contribution in [2.75, 3.05) is 18.8 Å². The molecular weight excluding hydrogens is 350 g/mol. The van der Waals surface area contributed by atoms with Crippen LogP contribution in [0, 0.1) is 19.8 Å². The molecule has 0 aliphatic carbocycles. The van der Waals surface area contributed by atoms with E-state index in [1.807, 2.05) is 18.4 Å². The second-order valence-electron chi connectivity index (χ2n) is 6.64. The molecule has 8 heteroatoms. The van der Waals surface area contributed by atoms with Gasteiger partial charge in [0.05, 0.1) is 17.4 Å². The molecule has 0 saturated carbocycles. The molecule has 2 aromatic rings. The third kappa shape index (κ3) is 4.07. The third-order valence-electron chi connectivity index (χ3n) is 4.64. The summed E-state index contributed by atoms with van der Waals surface area (Å²) in [6, 6.07) is 6.19. The lowest BCUT2D eigenvalue weighted by molar-refractivity contribution is -0.132. The van der Waals surface area contributed by atoms with E-state index in [1.54, 1.807) is 11.2 Å². The summed E-state index contributed by atoms with van der Waals surface area (Å²) in [5.41, 5.74) is 8.66. The molecule has 1 aromatic heterocycles. The summed E-state index contributed by atoms with van der Waals surface area (Å²) in [6.07, 6.45) is 3.23. The maximum atomic E-state index is 12.5. The summed E-state index contributed by atoms with van der Waals surface area (Å²) in [4.78, 5) is 25.6. The topological polar surface area (TPSA) is 94.1 Å². The number of carbonyl (C=O) groups excluding carboxylic acids is 2. The van der Waals surface area contributed by atoms with Gasteiger partial charge in [0.25, 0.3) is 0 Å². The van der Waals surface area contributed by atoms with Crippen LogP contribution in [-0.2, 0) is 9.59 Å². The van der Waals surface area contributed by atoms with E-state index in [2.05, 4.69) is 28.4 Å². The lowest BCUT2D eigenvalue weighted by Gasteiger charge is -2.31. The smallest absolute Gasteiger partial charge is 0.233 e. The Morgan fingerprint density at radius 3 is 2.92 bits per heavy atom. The van der Waals surface area contributed by atoms with Crippen molar-refractivity contribution in [2.24, 2.45) is 11.7 Å². The van der Waals surface area contributed by atoms with Gasteiger partial charge in [-0.2, -0.15) is 0 Å². The van der Waals surface area contributed by atoms with Crippen molar-refractivity contribution >= 4 is 23.6 Å². The van der Waals surface area contributed by atoms with Crippen LogP contribution in [0.3, 0.4) is 0 Å². The number of amides is 2. The predicted molar refractivity (Wildman–Crippen MR) is 100 cm³/mol. The van der Waals surface area contributed by atoms with Gasteiger partial charge in [0.1, 0.15) is 6.33 Å². The highest BCUT2D eigenvalue weighted by Crippen LogP contribution is 2.24. The molecule has 26 heavy (non-hydrogen) atoms. The minimum absolute atomic E-state index is 0.00327. The molecule has 0 radical (unpaired) electrons. The number of aryl methyl sites for hydroxylation is 2. The van der Waals surface area contributed by atoms with Crippen molar-refractivity contribution < 1.29 is 9.59 Å². The number of piperidine rings is 1. The number of nitrogens with zero attached hydrogens (tertiary/aromatic N) is 4. The average Bonchev–Trinajstić information content (AvgIpc) is 3.10. The molecule has 3 rings (SSSR count). The number of hydrogen-bond donors (Lipinski definition) is 1. The number of nitrogens with two attached hydrogens (primary N) is 1. The first-order valence-corrected chi connectivity index (χ1v) is 9.62. The van der Waals surface area contributed by atoms with Gasteiger partial charge < -0.3 is 10.6 Å². The van der Waals surface area contributed by atoms with Gasteiger partial charge in [0.2, 0.25) is 11.8 Å². The van der Waals surface area contributed by atoms with E-state index in [0.717, 1.165) is 29.7 Å². The zero-order chi connectivity index (χ0) is 18.7. The Labute approximate surface area is 157 Å². The van der Waals surface area contributed by atoms with E-state index in [9.17, 15) is 9.59 Å². The summed E-state index contributed by atoms with van der Waals surface area (Å²) in [7, 11) is 0. The summed E-state index contributed by atoms with van der Waals surface area (Å²) < 4.78 is 1.91. The van der Waals surface area contributed by atoms with Gasteiger partial charge >= 0.3 is 0 Å². The third-order valence-corrected chi connectivity index (χ3v) is 5.57. The van der Waals surface area contributed by atoms with E-state index in [4.69, 9.17) is 5.73 Å². The lowest BCUT2D eigenvalue weighted by Crippen LogP contribution is -2.44. The van der Waals surface area contributed by atoms with Crippen LogP contribution < -0.4 is 5.73 Å². The molecule has 7 nitrogen and oxygen atoms in total. The molecule has 1 aliphatic heterocycles. The molecule has 1 atom stereocenters. The summed E-state index contributed by atoms with van der Waals surface area (Å²) >= 11 is 1.36. The maximum Gasteiger partial charge on any atom is 0.233 e. The van der Waals surface area contributed by atoms with Crippen LogP contribution in [0.2, 0.25) is 0 Å². The van der Waals surface area contributed by atoms with Crippen LogP contribution in [-0.4, -0.2) is 50.3 Å². The number of benzene rings is 1. The summed E-state index contributed by atoms with van der Waals surface area (Å²) in [5.74, 6) is -0.313. The number of thioether (sulfide) groups is 1. The van der Waals surface area contributed by atoms with Crippen LogP contribution >= 0.6 is 11.8 Å². The minimum Gasteiger partial charge on any atom is -0.369 e. The fourth-order valence-electron chi connectivity index (χ4n) is 3.12. The van der Waals surface area contributed by atoms with Gasteiger partial charge in [-0.1, -0.05) is 23.9 Å². The monoisotopic (exact) mass is 373 g/mol. The fourth-order valence-corrected chi connectivity index (χ4v) is 3.95. The number of hydrogen-bond acceptors (Lipinski definition) is 5. The first kappa shape index (κ1) is 18.4. The van der Waals surface area contributed by atoms with Gasteiger partial charge in [0.15, 0.2) is 5.16 Å². The van der Waals surface area contributed by atoms with Crippen molar-refractivity contribution in [2.45, 2.75) is 31.8 Å². The highest BCUT2D eigenvalue weighted by molar-refractivity contribution is 7.99. The summed E-state index contributed by atoms with van der Waals surface area (Å²) in [5, 5.41) is 8.83. The number of primary amides is 1. The van der Waals surface area contributed by atoms with Crippen molar-refractivity contribution in [3.05, 3.63) is 35.7 Å². The van der Waals surface area contributed by atoms with Crippen molar-refractivity contribution in [1.82, 2.24) is 19.7 Å². The molecule has 2 heterocycles. The first-order valence-electron chi connectivity index (χ1n) is 8.63. The van der Waals surface area contributed by atoms with E-state index in [1.165, 1.54) is 11.8 Å². The zero-order valence-electron chi connectivity index (χ0n) is 15.0. The van der Waals surface area contributed by atoms with Crippen molar-refractivity contribution in [3.8, 4) is 5.69 Å². The highest BCUT2D eigenvalue weighted by Gasteiger charge is 2.27. The Morgan fingerprint density at radius 2 is 2.15 bits per heavy atom. The SMILES string of the molecule is Cc1ccc(C)c(-n2cnnc2SCC(=O)N2CCC[C@H](C(N)=O)C2)c1. The van der Waals surface area contributed by atoms with Crippen molar-refractivity contribution in [3.63, 3.8) is 0 Å². The van der Waals surface area contributed by atoms with Crippen LogP contribution in [0.5, 0.6) is 0 Å². The molecule has 0 spiro atoms. The van der Waals surface area contributed by atoms with Crippen LogP contribution in [0.1, 0.15) is 24.0 Å². The molecule has 0 unspecified atom stereocenters. The van der Waals surface area contributed by atoms with Gasteiger partial charge in [-0.15, -0.1) is 10.2 Å². The van der Waals surface area contributed by atoms with Crippen LogP contribution in [0.25, 0.3) is 5.69 Å². The zero-order valence-corrected chi connectivity index (χ0v) is 15.8. The van der Waals surface area contributed by atoms with E-state index < -0.39 is 0 Å². The molecular formula is C18H23N5O2S. The van der Waals surface area contributed by atoms with Crippen molar-refractivity contribution in [1.29, 1.82) is 0 Å². The molecule has 1 saturated heterocycles. The maximum absolute atomic E-state index is 12.5. The largest absolute Gasteiger partial charge is 0.369 e. The highest BCUT2D eigenvalue weighted by atomic mass is 32.2. The standard InChI is InChI=1S/C18H23N5O2S/c1-12-5-6-13(2)15(8-12)23-11-20-21-18(23)26-10-16(24)22-7-3-4-14(9-22)17(19)25/h5-6,8,11,14H,3-4,7,9-10H2,1-2H3,(H2,19,25)/t14-/m0/s1.